The van der Waals surface area contributed by atoms with E-state index in [2.05, 4.69) is 10.3 Å². The summed E-state index contributed by atoms with van der Waals surface area (Å²) in [5.74, 6) is -0.155. The third-order valence-corrected chi connectivity index (χ3v) is 3.31. The van der Waals surface area contributed by atoms with Crippen LogP contribution in [0.5, 0.6) is 0 Å². The van der Waals surface area contributed by atoms with E-state index in [0.717, 1.165) is 5.39 Å². The number of aromatic nitrogens is 1. The van der Waals surface area contributed by atoms with Gasteiger partial charge in [0, 0.05) is 17.1 Å². The molecular formula is C16H11ClN2O. The maximum absolute atomic E-state index is 12.2. The minimum atomic E-state index is -0.155. The van der Waals surface area contributed by atoms with Gasteiger partial charge in [-0.25, -0.2) is 0 Å². The molecule has 0 saturated carbocycles. The molecule has 0 aliphatic rings. The van der Waals surface area contributed by atoms with E-state index in [1.807, 2.05) is 30.3 Å². The van der Waals surface area contributed by atoms with Gasteiger partial charge >= 0.3 is 0 Å². The number of carbonyl (C=O) groups excluding carboxylic acids is 1. The summed E-state index contributed by atoms with van der Waals surface area (Å²) < 4.78 is 0. The Hall–Kier alpha value is -2.39. The second kappa shape index (κ2) is 5.31. The number of nitrogens with zero attached hydrogens (tertiary/aromatic N) is 1. The molecule has 1 amide bonds. The molecule has 0 radical (unpaired) electrons. The molecule has 0 aliphatic heterocycles. The first-order chi connectivity index (χ1) is 9.75. The van der Waals surface area contributed by atoms with Gasteiger partial charge in [-0.2, -0.15) is 0 Å². The third kappa shape index (κ3) is 2.36. The molecule has 0 unspecified atom stereocenters. The average Bonchev–Trinajstić information content (AvgIpc) is 2.51. The summed E-state index contributed by atoms with van der Waals surface area (Å²) in [5.41, 5.74) is 1.99. The summed E-state index contributed by atoms with van der Waals surface area (Å²) in [5, 5.41) is 4.28. The molecule has 98 valence electrons. The summed E-state index contributed by atoms with van der Waals surface area (Å²) in [6.45, 7) is 0. The maximum Gasteiger partial charge on any atom is 0.255 e. The summed E-state index contributed by atoms with van der Waals surface area (Å²) in [6, 6.07) is 16.3. The van der Waals surface area contributed by atoms with Gasteiger partial charge in [0.2, 0.25) is 0 Å². The van der Waals surface area contributed by atoms with Gasteiger partial charge in [0.05, 0.1) is 16.2 Å². The van der Waals surface area contributed by atoms with Crippen LogP contribution in [0.4, 0.5) is 5.69 Å². The number of carbonyl (C=O) groups is 1. The number of fused-ring (bicyclic) bond motifs is 1. The first-order valence-corrected chi connectivity index (χ1v) is 6.53. The highest BCUT2D eigenvalue weighted by molar-refractivity contribution is 6.35. The van der Waals surface area contributed by atoms with Crippen LogP contribution in [0.2, 0.25) is 5.02 Å². The lowest BCUT2D eigenvalue weighted by atomic mass is 10.1. The van der Waals surface area contributed by atoms with Gasteiger partial charge in [-0.1, -0.05) is 29.8 Å². The van der Waals surface area contributed by atoms with Crippen molar-refractivity contribution < 1.29 is 4.79 Å². The predicted molar refractivity (Wildman–Crippen MR) is 81.1 cm³/mol. The van der Waals surface area contributed by atoms with Gasteiger partial charge in [-0.3, -0.25) is 9.78 Å². The number of halogens is 1. The zero-order valence-corrected chi connectivity index (χ0v) is 11.3. The van der Waals surface area contributed by atoms with Gasteiger partial charge in [0.15, 0.2) is 0 Å². The topological polar surface area (TPSA) is 42.0 Å². The fourth-order valence-corrected chi connectivity index (χ4v) is 2.24. The second-order valence-electron chi connectivity index (χ2n) is 4.31. The zero-order chi connectivity index (χ0) is 13.9. The van der Waals surface area contributed by atoms with Crippen molar-refractivity contribution in [2.45, 2.75) is 0 Å². The molecule has 1 aromatic heterocycles. The minimum absolute atomic E-state index is 0.155. The van der Waals surface area contributed by atoms with Crippen LogP contribution in [0, 0.1) is 0 Å². The van der Waals surface area contributed by atoms with E-state index in [4.69, 9.17) is 11.6 Å². The Labute approximate surface area is 121 Å². The molecule has 3 aromatic rings. The molecule has 3 rings (SSSR count). The Balaban J connectivity index is 2.00. The molecule has 0 spiro atoms. The smallest absolute Gasteiger partial charge is 0.255 e. The van der Waals surface area contributed by atoms with Crippen LogP contribution < -0.4 is 5.32 Å². The lowest BCUT2D eigenvalue weighted by Gasteiger charge is -2.09. The van der Waals surface area contributed by atoms with Gasteiger partial charge < -0.3 is 5.32 Å². The normalized spacial score (nSPS) is 10.4. The molecule has 0 fully saturated rings. The van der Waals surface area contributed by atoms with E-state index in [1.54, 1.807) is 30.5 Å². The van der Waals surface area contributed by atoms with E-state index >= 15 is 0 Å². The Bertz CT molecular complexity index is 772. The molecule has 0 aliphatic carbocycles. The van der Waals surface area contributed by atoms with Crippen molar-refractivity contribution in [1.82, 2.24) is 4.98 Å². The molecule has 0 bridgehead atoms. The lowest BCUT2D eigenvalue weighted by Crippen LogP contribution is -2.11. The van der Waals surface area contributed by atoms with Crippen molar-refractivity contribution in [3.05, 3.63) is 71.4 Å². The average molecular weight is 283 g/mol. The highest BCUT2D eigenvalue weighted by atomic mass is 35.5. The molecular weight excluding hydrogens is 272 g/mol. The summed E-state index contributed by atoms with van der Waals surface area (Å²) >= 11 is 6.11. The zero-order valence-electron chi connectivity index (χ0n) is 10.5. The van der Waals surface area contributed by atoms with Gasteiger partial charge in [-0.15, -0.1) is 0 Å². The molecule has 4 heteroatoms. The van der Waals surface area contributed by atoms with Gasteiger partial charge in [-0.05, 0) is 36.4 Å². The van der Waals surface area contributed by atoms with E-state index in [1.165, 1.54) is 0 Å². The van der Waals surface area contributed by atoms with Crippen molar-refractivity contribution in [3.8, 4) is 0 Å². The number of nitrogens with one attached hydrogen (secondary N) is 1. The molecule has 20 heavy (non-hydrogen) atoms. The molecule has 3 nitrogen and oxygen atoms in total. The first-order valence-electron chi connectivity index (χ1n) is 6.15. The SMILES string of the molecule is O=C(Nc1ccc(Cl)c2ncccc12)c1ccccc1. The number of benzene rings is 2. The standard InChI is InChI=1S/C16H11ClN2O/c17-13-8-9-14(12-7-4-10-18-15(12)13)19-16(20)11-5-2-1-3-6-11/h1-10H,(H,19,20). The van der Waals surface area contributed by atoms with Crippen molar-refractivity contribution >= 4 is 34.1 Å². The third-order valence-electron chi connectivity index (χ3n) is 3.00. The summed E-state index contributed by atoms with van der Waals surface area (Å²) in [6.07, 6.45) is 1.68. The molecule has 0 atom stereocenters. The number of hydrogen-bond acceptors (Lipinski definition) is 2. The summed E-state index contributed by atoms with van der Waals surface area (Å²) in [4.78, 5) is 16.4. The Morgan fingerprint density at radius 2 is 1.80 bits per heavy atom. The number of hydrogen-bond donors (Lipinski definition) is 1. The molecule has 0 saturated heterocycles. The number of pyridine rings is 1. The van der Waals surface area contributed by atoms with Crippen molar-refractivity contribution in [2.75, 3.05) is 5.32 Å². The minimum Gasteiger partial charge on any atom is -0.321 e. The fraction of sp³-hybridized carbons (Fsp3) is 0. The van der Waals surface area contributed by atoms with Crippen LogP contribution in [0.15, 0.2) is 60.8 Å². The Kier molecular flexibility index (Phi) is 3.35. The first kappa shape index (κ1) is 12.6. The second-order valence-corrected chi connectivity index (χ2v) is 4.72. The van der Waals surface area contributed by atoms with Crippen LogP contribution in [-0.4, -0.2) is 10.9 Å². The molecule has 1 heterocycles. The molecule has 1 N–H and O–H groups in total. The quantitative estimate of drug-likeness (QED) is 0.767. The highest BCUT2D eigenvalue weighted by Gasteiger charge is 2.09. The maximum atomic E-state index is 12.2. The van der Waals surface area contributed by atoms with Crippen LogP contribution in [0.1, 0.15) is 10.4 Å². The monoisotopic (exact) mass is 282 g/mol. The van der Waals surface area contributed by atoms with E-state index in [9.17, 15) is 4.79 Å². The van der Waals surface area contributed by atoms with Crippen molar-refractivity contribution in [2.24, 2.45) is 0 Å². The molecule has 2 aromatic carbocycles. The van der Waals surface area contributed by atoms with Crippen LogP contribution in [0.3, 0.4) is 0 Å². The number of amides is 1. The number of anilines is 1. The van der Waals surface area contributed by atoms with Crippen LogP contribution >= 0.6 is 11.6 Å². The van der Waals surface area contributed by atoms with Gasteiger partial charge in [0.25, 0.3) is 5.91 Å². The van der Waals surface area contributed by atoms with Gasteiger partial charge in [0.1, 0.15) is 0 Å². The summed E-state index contributed by atoms with van der Waals surface area (Å²) in [7, 11) is 0. The van der Waals surface area contributed by atoms with E-state index < -0.39 is 0 Å². The Morgan fingerprint density at radius 3 is 2.60 bits per heavy atom. The Morgan fingerprint density at radius 1 is 1.00 bits per heavy atom. The van der Waals surface area contributed by atoms with Crippen molar-refractivity contribution in [1.29, 1.82) is 0 Å². The van der Waals surface area contributed by atoms with Crippen molar-refractivity contribution in [3.63, 3.8) is 0 Å². The van der Waals surface area contributed by atoms with Crippen LogP contribution in [0.25, 0.3) is 10.9 Å². The van der Waals surface area contributed by atoms with Crippen LogP contribution in [-0.2, 0) is 0 Å². The predicted octanol–water partition coefficient (Wildman–Crippen LogP) is 4.14. The lowest BCUT2D eigenvalue weighted by molar-refractivity contribution is 0.102. The van der Waals surface area contributed by atoms with E-state index in [0.29, 0.717) is 21.8 Å². The number of rotatable bonds is 2. The van der Waals surface area contributed by atoms with E-state index in [-0.39, 0.29) is 5.91 Å². The largest absolute Gasteiger partial charge is 0.321 e. The fourth-order valence-electron chi connectivity index (χ4n) is 2.03. The highest BCUT2D eigenvalue weighted by Crippen LogP contribution is 2.28.